The van der Waals surface area contributed by atoms with Gasteiger partial charge in [0, 0.05) is 44.4 Å². The molecule has 0 saturated heterocycles. The number of aryl methyl sites for hydroxylation is 2. The maximum Gasteiger partial charge on any atom is 0.326 e. The summed E-state index contributed by atoms with van der Waals surface area (Å²) in [6, 6.07) is 13.1. The summed E-state index contributed by atoms with van der Waals surface area (Å²) in [4.78, 5) is 39.3. The molecular weight excluding hydrogens is 578 g/mol. The van der Waals surface area contributed by atoms with Gasteiger partial charge in [0.15, 0.2) is 0 Å². The molecule has 2 aromatic heterocycles. The number of pyridine rings is 1. The lowest BCUT2D eigenvalue weighted by molar-refractivity contribution is -0.138. The normalized spacial score (nSPS) is 11.9. The van der Waals surface area contributed by atoms with E-state index >= 15 is 0 Å². The van der Waals surface area contributed by atoms with Crippen molar-refractivity contribution in [2.45, 2.75) is 93.0 Å². The lowest BCUT2D eigenvalue weighted by Crippen LogP contribution is -2.39. The first-order valence-corrected chi connectivity index (χ1v) is 17.0. The molecule has 3 heterocycles. The molecule has 10 heteroatoms. The highest BCUT2D eigenvalue weighted by atomic mass is 16.4. The molecule has 3 aromatic rings. The smallest absolute Gasteiger partial charge is 0.326 e. The van der Waals surface area contributed by atoms with Gasteiger partial charge in [-0.05, 0) is 56.7 Å². The van der Waals surface area contributed by atoms with Crippen LogP contribution in [-0.2, 0) is 22.4 Å². The number of fused-ring (bicyclic) bond motifs is 1. The highest BCUT2D eigenvalue weighted by molar-refractivity contribution is 5.77. The number of aliphatic carboxylic acids is 1. The van der Waals surface area contributed by atoms with Crippen LogP contribution in [0.15, 0.2) is 54.9 Å². The van der Waals surface area contributed by atoms with Crippen molar-refractivity contribution in [3.63, 3.8) is 0 Å². The van der Waals surface area contributed by atoms with E-state index in [0.29, 0.717) is 37.6 Å². The van der Waals surface area contributed by atoms with E-state index in [1.807, 2.05) is 71.9 Å². The third-order valence-corrected chi connectivity index (χ3v) is 6.97. The number of nitrogens with zero attached hydrogens (tertiary/aromatic N) is 4. The number of anilines is 2. The number of carbonyl (C=O) groups is 2. The van der Waals surface area contributed by atoms with E-state index in [0.717, 1.165) is 62.3 Å². The molecule has 4 N–H and O–H groups in total. The predicted molar refractivity (Wildman–Crippen MR) is 190 cm³/mol. The van der Waals surface area contributed by atoms with Crippen molar-refractivity contribution in [1.29, 1.82) is 0 Å². The first kappa shape index (κ1) is 40.0. The quantitative estimate of drug-likeness (QED) is 0.135. The van der Waals surface area contributed by atoms with Gasteiger partial charge in [0.2, 0.25) is 5.91 Å². The van der Waals surface area contributed by atoms with Crippen molar-refractivity contribution >= 4 is 23.5 Å². The second-order valence-electron chi connectivity index (χ2n) is 10.1. The van der Waals surface area contributed by atoms with Gasteiger partial charge in [-0.2, -0.15) is 0 Å². The second kappa shape index (κ2) is 24.2. The number of nitrogens with one attached hydrogen (secondary N) is 3. The molecule has 1 aliphatic heterocycles. The number of aromatic nitrogens is 3. The Labute approximate surface area is 276 Å². The fourth-order valence-corrected chi connectivity index (χ4v) is 4.81. The van der Waals surface area contributed by atoms with Crippen LogP contribution in [0.3, 0.4) is 0 Å². The molecule has 0 bridgehead atoms. The standard InChI is InChI=1S/C30H39N7O3.3C2H6/c1-22(38)32-16-19-37(17-6-5-11-25-13-12-24-10-7-15-33-29(24)34-25)18-14-26(30(39)40)35-28-21-31-20-27(36-28)23-8-3-2-4-9-23;3*1-2/h2-4,8-9,12-13,20-21,26H,5-7,10-11,14-19H2,1H3,(H,32,38)(H,33,34)(H,35,36)(H,39,40);3*1-2H3. The summed E-state index contributed by atoms with van der Waals surface area (Å²) < 4.78 is 0. The van der Waals surface area contributed by atoms with E-state index in [2.05, 4.69) is 43.0 Å². The number of carbonyl (C=O) groups excluding carboxylic acids is 1. The van der Waals surface area contributed by atoms with Gasteiger partial charge in [-0.15, -0.1) is 0 Å². The van der Waals surface area contributed by atoms with Crippen molar-refractivity contribution in [3.8, 4) is 11.3 Å². The van der Waals surface area contributed by atoms with Crippen LogP contribution in [0.2, 0.25) is 0 Å². The lowest BCUT2D eigenvalue weighted by Gasteiger charge is -2.24. The molecule has 46 heavy (non-hydrogen) atoms. The van der Waals surface area contributed by atoms with Gasteiger partial charge in [0.1, 0.15) is 17.7 Å². The summed E-state index contributed by atoms with van der Waals surface area (Å²) >= 11 is 0. The van der Waals surface area contributed by atoms with E-state index in [4.69, 9.17) is 4.98 Å². The van der Waals surface area contributed by atoms with E-state index in [1.165, 1.54) is 12.5 Å². The van der Waals surface area contributed by atoms with Crippen molar-refractivity contribution in [1.82, 2.24) is 25.2 Å². The molecule has 1 atom stereocenters. The molecule has 0 fully saturated rings. The third-order valence-electron chi connectivity index (χ3n) is 6.97. The summed E-state index contributed by atoms with van der Waals surface area (Å²) in [5, 5.41) is 19.2. The summed E-state index contributed by atoms with van der Waals surface area (Å²) in [5.41, 5.74) is 3.97. The first-order valence-electron chi connectivity index (χ1n) is 17.0. The zero-order valence-electron chi connectivity index (χ0n) is 29.1. The Morgan fingerprint density at radius 2 is 1.67 bits per heavy atom. The number of unbranched alkanes of at least 4 members (excludes halogenated alkanes) is 1. The number of rotatable bonds is 15. The predicted octanol–water partition coefficient (Wildman–Crippen LogP) is 6.69. The zero-order chi connectivity index (χ0) is 34.2. The molecule has 1 unspecified atom stereocenters. The lowest BCUT2D eigenvalue weighted by atomic mass is 10.1. The minimum atomic E-state index is -0.944. The summed E-state index contributed by atoms with van der Waals surface area (Å²) in [6.45, 7) is 17.0. The Kier molecular flexibility index (Phi) is 21.0. The van der Waals surface area contributed by atoms with Crippen LogP contribution in [0.25, 0.3) is 11.3 Å². The van der Waals surface area contributed by atoms with Gasteiger partial charge in [0.05, 0.1) is 18.1 Å². The van der Waals surface area contributed by atoms with Crippen LogP contribution in [0.4, 0.5) is 11.6 Å². The van der Waals surface area contributed by atoms with Gasteiger partial charge in [-0.25, -0.2) is 14.8 Å². The van der Waals surface area contributed by atoms with Crippen molar-refractivity contribution in [2.75, 3.05) is 43.4 Å². The van der Waals surface area contributed by atoms with Gasteiger partial charge < -0.3 is 26.0 Å². The topological polar surface area (TPSA) is 132 Å². The summed E-state index contributed by atoms with van der Waals surface area (Å²) in [7, 11) is 0. The molecule has 0 saturated carbocycles. The molecule has 0 aliphatic carbocycles. The van der Waals surface area contributed by atoms with Gasteiger partial charge >= 0.3 is 5.97 Å². The number of carboxylic acid groups (broad SMARTS) is 1. The number of carboxylic acids is 1. The Hall–Kier alpha value is -4.05. The molecule has 10 nitrogen and oxygen atoms in total. The Balaban J connectivity index is 0.00000166. The maximum absolute atomic E-state index is 12.1. The highest BCUT2D eigenvalue weighted by Gasteiger charge is 2.20. The van der Waals surface area contributed by atoms with Crippen molar-refractivity contribution in [3.05, 3.63) is 66.1 Å². The molecule has 0 radical (unpaired) electrons. The van der Waals surface area contributed by atoms with E-state index in [-0.39, 0.29) is 5.91 Å². The summed E-state index contributed by atoms with van der Waals surface area (Å²) in [6.07, 6.45) is 8.63. The molecule has 254 valence electrons. The van der Waals surface area contributed by atoms with Gasteiger partial charge in [-0.3, -0.25) is 9.78 Å². The Morgan fingerprint density at radius 1 is 0.935 bits per heavy atom. The number of benzene rings is 1. The zero-order valence-corrected chi connectivity index (χ0v) is 29.1. The number of hydrogen-bond acceptors (Lipinski definition) is 8. The second-order valence-corrected chi connectivity index (χ2v) is 10.1. The largest absolute Gasteiger partial charge is 0.480 e. The van der Waals surface area contributed by atoms with E-state index in [9.17, 15) is 14.7 Å². The van der Waals surface area contributed by atoms with Crippen LogP contribution in [0.1, 0.15) is 85.4 Å². The molecule has 0 spiro atoms. The van der Waals surface area contributed by atoms with Crippen LogP contribution >= 0.6 is 0 Å². The molecular formula is C36H57N7O3. The SMILES string of the molecule is CC.CC.CC.CC(=O)NCCN(CCCCc1ccc2c(n1)NCCC2)CCC(Nc1cncc(-c2ccccc2)n1)C(=O)O. The monoisotopic (exact) mass is 635 g/mol. The summed E-state index contributed by atoms with van der Waals surface area (Å²) in [5.74, 6) is 0.423. The highest BCUT2D eigenvalue weighted by Crippen LogP contribution is 2.21. The molecule has 1 amide bonds. The fraction of sp³-hybridized carbons (Fsp3) is 0.528. The molecule has 1 aliphatic rings. The minimum Gasteiger partial charge on any atom is -0.480 e. The minimum absolute atomic E-state index is 0.0750. The fourth-order valence-electron chi connectivity index (χ4n) is 4.81. The molecule has 1 aromatic carbocycles. The third kappa shape index (κ3) is 14.8. The maximum atomic E-state index is 12.1. The van der Waals surface area contributed by atoms with Gasteiger partial charge in [0.25, 0.3) is 0 Å². The van der Waals surface area contributed by atoms with E-state index in [1.54, 1.807) is 12.4 Å². The van der Waals surface area contributed by atoms with Crippen LogP contribution in [0, 0.1) is 0 Å². The van der Waals surface area contributed by atoms with Crippen molar-refractivity contribution < 1.29 is 14.7 Å². The van der Waals surface area contributed by atoms with Crippen LogP contribution < -0.4 is 16.0 Å². The Morgan fingerprint density at radius 3 is 2.37 bits per heavy atom. The van der Waals surface area contributed by atoms with Gasteiger partial charge in [-0.1, -0.05) is 77.9 Å². The first-order chi connectivity index (χ1) is 22.5. The average Bonchev–Trinajstić information content (AvgIpc) is 3.11. The average molecular weight is 636 g/mol. The number of amides is 1. The Bertz CT molecular complexity index is 1260. The van der Waals surface area contributed by atoms with E-state index < -0.39 is 12.0 Å². The van der Waals surface area contributed by atoms with Crippen molar-refractivity contribution in [2.24, 2.45) is 0 Å². The number of hydrogen-bond donors (Lipinski definition) is 4. The van der Waals surface area contributed by atoms with Crippen LogP contribution in [0.5, 0.6) is 0 Å². The van der Waals surface area contributed by atoms with Crippen LogP contribution in [-0.4, -0.2) is 75.6 Å². The molecule has 4 rings (SSSR count).